The topological polar surface area (TPSA) is 33.1 Å². The molecule has 0 radical (unpaired) electrons. The molecular formula is C9H15NOS2. The summed E-state index contributed by atoms with van der Waals surface area (Å²) in [6.07, 6.45) is 0. The molecule has 2 nitrogen and oxygen atoms in total. The Hall–Kier alpha value is -0.0600. The lowest BCUT2D eigenvalue weighted by Gasteiger charge is -1.97. The molecule has 1 rings (SSSR count). The molecule has 0 fully saturated rings. The number of hydrogen-bond acceptors (Lipinski definition) is 4. The molecule has 13 heavy (non-hydrogen) atoms. The lowest BCUT2D eigenvalue weighted by molar-refractivity contribution is 0.322. The van der Waals surface area contributed by atoms with Gasteiger partial charge in [0.1, 0.15) is 0 Å². The molecular weight excluding hydrogens is 202 g/mol. The van der Waals surface area contributed by atoms with Crippen molar-refractivity contribution in [3.8, 4) is 0 Å². The molecule has 1 aromatic heterocycles. The Kier molecular flexibility index (Phi) is 4.77. The molecule has 0 saturated heterocycles. The average molecular weight is 217 g/mol. The summed E-state index contributed by atoms with van der Waals surface area (Å²) in [7, 11) is 0. The average Bonchev–Trinajstić information content (AvgIpc) is 2.53. The summed E-state index contributed by atoms with van der Waals surface area (Å²) in [5, 5.41) is 11.9. The van der Waals surface area contributed by atoms with E-state index in [0.29, 0.717) is 5.92 Å². The minimum atomic E-state index is 0.256. The number of thioether (sulfide) groups is 1. The maximum atomic E-state index is 8.60. The first-order chi connectivity index (χ1) is 6.24. The highest BCUT2D eigenvalue weighted by molar-refractivity contribution is 7.98. The SMILES string of the molecule is CC(C)c1nc(CSCCO)cs1. The third kappa shape index (κ3) is 3.67. The Labute approximate surface area is 87.4 Å². The first-order valence-corrected chi connectivity index (χ1v) is 6.40. The van der Waals surface area contributed by atoms with Crippen LogP contribution in [0, 0.1) is 0 Å². The smallest absolute Gasteiger partial charge is 0.0954 e. The summed E-state index contributed by atoms with van der Waals surface area (Å²) in [4.78, 5) is 4.50. The molecule has 1 heterocycles. The van der Waals surface area contributed by atoms with Crippen molar-refractivity contribution in [1.82, 2.24) is 4.98 Å². The number of hydrogen-bond donors (Lipinski definition) is 1. The summed E-state index contributed by atoms with van der Waals surface area (Å²) in [6.45, 7) is 4.57. The zero-order chi connectivity index (χ0) is 9.68. The van der Waals surface area contributed by atoms with Crippen LogP contribution in [0.1, 0.15) is 30.5 Å². The van der Waals surface area contributed by atoms with Gasteiger partial charge in [0.25, 0.3) is 0 Å². The summed E-state index contributed by atoms with van der Waals surface area (Å²) in [5.74, 6) is 2.25. The normalized spacial score (nSPS) is 11.1. The van der Waals surface area contributed by atoms with E-state index in [2.05, 4.69) is 24.2 Å². The van der Waals surface area contributed by atoms with Gasteiger partial charge in [-0.2, -0.15) is 11.8 Å². The first-order valence-electron chi connectivity index (χ1n) is 4.37. The van der Waals surface area contributed by atoms with E-state index in [9.17, 15) is 0 Å². The van der Waals surface area contributed by atoms with Crippen LogP contribution in [0.15, 0.2) is 5.38 Å². The van der Waals surface area contributed by atoms with Gasteiger partial charge in [-0.1, -0.05) is 13.8 Å². The van der Waals surface area contributed by atoms with E-state index in [1.807, 2.05) is 0 Å². The Morgan fingerprint density at radius 3 is 2.92 bits per heavy atom. The zero-order valence-electron chi connectivity index (χ0n) is 7.99. The highest BCUT2D eigenvalue weighted by Gasteiger charge is 2.04. The predicted molar refractivity (Wildman–Crippen MR) is 59.5 cm³/mol. The van der Waals surface area contributed by atoms with Gasteiger partial charge in [0.05, 0.1) is 17.3 Å². The van der Waals surface area contributed by atoms with E-state index in [4.69, 9.17) is 5.11 Å². The molecule has 0 unspecified atom stereocenters. The zero-order valence-corrected chi connectivity index (χ0v) is 9.62. The van der Waals surface area contributed by atoms with E-state index in [1.165, 1.54) is 5.01 Å². The van der Waals surface area contributed by atoms with Gasteiger partial charge in [-0.3, -0.25) is 0 Å². The molecule has 0 saturated carbocycles. The Morgan fingerprint density at radius 2 is 2.38 bits per heavy atom. The minimum absolute atomic E-state index is 0.256. The maximum absolute atomic E-state index is 8.60. The fourth-order valence-electron chi connectivity index (χ4n) is 0.895. The highest BCUT2D eigenvalue weighted by atomic mass is 32.2. The predicted octanol–water partition coefficient (Wildman–Crippen LogP) is 2.49. The van der Waals surface area contributed by atoms with E-state index in [1.54, 1.807) is 23.1 Å². The highest BCUT2D eigenvalue weighted by Crippen LogP contribution is 2.21. The van der Waals surface area contributed by atoms with Crippen molar-refractivity contribution in [2.75, 3.05) is 12.4 Å². The summed E-state index contributed by atoms with van der Waals surface area (Å²) in [6, 6.07) is 0. The number of aliphatic hydroxyl groups is 1. The van der Waals surface area contributed by atoms with Crippen molar-refractivity contribution in [3.05, 3.63) is 16.1 Å². The maximum Gasteiger partial charge on any atom is 0.0954 e. The van der Waals surface area contributed by atoms with Crippen LogP contribution in [0.3, 0.4) is 0 Å². The molecule has 0 bridgehead atoms. The quantitative estimate of drug-likeness (QED) is 0.769. The van der Waals surface area contributed by atoms with E-state index >= 15 is 0 Å². The molecule has 0 amide bonds. The molecule has 0 atom stereocenters. The van der Waals surface area contributed by atoms with E-state index in [0.717, 1.165) is 17.2 Å². The molecule has 0 aliphatic heterocycles. The number of aliphatic hydroxyl groups excluding tert-OH is 1. The molecule has 0 spiro atoms. The van der Waals surface area contributed by atoms with Crippen LogP contribution in [0.4, 0.5) is 0 Å². The molecule has 1 N–H and O–H groups in total. The third-order valence-corrected chi connectivity index (χ3v) is 3.71. The number of rotatable bonds is 5. The monoisotopic (exact) mass is 217 g/mol. The van der Waals surface area contributed by atoms with Crippen LogP contribution in [0.5, 0.6) is 0 Å². The summed E-state index contributed by atoms with van der Waals surface area (Å²) >= 11 is 3.45. The first kappa shape index (κ1) is 11.0. The van der Waals surface area contributed by atoms with Crippen molar-refractivity contribution >= 4 is 23.1 Å². The fourth-order valence-corrected chi connectivity index (χ4v) is 2.47. The Balaban J connectivity index is 2.40. The van der Waals surface area contributed by atoms with Gasteiger partial charge in [0, 0.05) is 22.8 Å². The van der Waals surface area contributed by atoms with Crippen LogP contribution >= 0.6 is 23.1 Å². The summed E-state index contributed by atoms with van der Waals surface area (Å²) < 4.78 is 0. The molecule has 4 heteroatoms. The van der Waals surface area contributed by atoms with E-state index in [-0.39, 0.29) is 6.61 Å². The fraction of sp³-hybridized carbons (Fsp3) is 0.667. The number of aromatic nitrogens is 1. The lowest BCUT2D eigenvalue weighted by Crippen LogP contribution is -1.90. The second-order valence-electron chi connectivity index (χ2n) is 3.11. The van der Waals surface area contributed by atoms with Gasteiger partial charge in [0.15, 0.2) is 0 Å². The van der Waals surface area contributed by atoms with Gasteiger partial charge >= 0.3 is 0 Å². The standard InChI is InChI=1S/C9H15NOS2/c1-7(2)9-10-8(6-13-9)5-12-4-3-11/h6-7,11H,3-5H2,1-2H3. The molecule has 0 aromatic carbocycles. The van der Waals surface area contributed by atoms with Crippen LogP contribution in [0.2, 0.25) is 0 Å². The molecule has 74 valence electrons. The van der Waals surface area contributed by atoms with Crippen molar-refractivity contribution in [3.63, 3.8) is 0 Å². The van der Waals surface area contributed by atoms with Gasteiger partial charge in [-0.15, -0.1) is 11.3 Å². The van der Waals surface area contributed by atoms with Crippen molar-refractivity contribution in [2.24, 2.45) is 0 Å². The van der Waals surface area contributed by atoms with Crippen molar-refractivity contribution in [1.29, 1.82) is 0 Å². The van der Waals surface area contributed by atoms with Crippen molar-refractivity contribution < 1.29 is 5.11 Å². The Bertz CT molecular complexity index is 248. The third-order valence-electron chi connectivity index (χ3n) is 1.55. The second kappa shape index (κ2) is 5.62. The Morgan fingerprint density at radius 1 is 1.62 bits per heavy atom. The van der Waals surface area contributed by atoms with Gasteiger partial charge in [-0.25, -0.2) is 4.98 Å². The van der Waals surface area contributed by atoms with Gasteiger partial charge < -0.3 is 5.11 Å². The van der Waals surface area contributed by atoms with Gasteiger partial charge in [0.2, 0.25) is 0 Å². The lowest BCUT2D eigenvalue weighted by atomic mass is 10.2. The van der Waals surface area contributed by atoms with Crippen LogP contribution in [-0.4, -0.2) is 22.5 Å². The minimum Gasteiger partial charge on any atom is -0.396 e. The van der Waals surface area contributed by atoms with E-state index < -0.39 is 0 Å². The van der Waals surface area contributed by atoms with Crippen LogP contribution in [0.25, 0.3) is 0 Å². The van der Waals surface area contributed by atoms with Crippen molar-refractivity contribution in [2.45, 2.75) is 25.5 Å². The number of nitrogens with zero attached hydrogens (tertiary/aromatic N) is 1. The molecule has 0 aliphatic carbocycles. The second-order valence-corrected chi connectivity index (χ2v) is 5.10. The molecule has 1 aromatic rings. The summed E-state index contributed by atoms with van der Waals surface area (Å²) in [5.41, 5.74) is 1.15. The van der Waals surface area contributed by atoms with Crippen LogP contribution in [-0.2, 0) is 5.75 Å². The number of thiazole rings is 1. The largest absolute Gasteiger partial charge is 0.396 e. The molecule has 0 aliphatic rings. The van der Waals surface area contributed by atoms with Crippen LogP contribution < -0.4 is 0 Å². The van der Waals surface area contributed by atoms with Gasteiger partial charge in [-0.05, 0) is 0 Å².